The molecule has 0 radical (unpaired) electrons. The van der Waals surface area contributed by atoms with Crippen molar-refractivity contribution in [1.29, 1.82) is 0 Å². The number of halogens is 1. The molecule has 0 fully saturated rings. The van der Waals surface area contributed by atoms with Crippen molar-refractivity contribution in [1.82, 2.24) is 9.97 Å². The number of nitrogens with zero attached hydrogens (tertiary/aromatic N) is 2. The van der Waals surface area contributed by atoms with Crippen molar-refractivity contribution in [2.45, 2.75) is 24.7 Å². The molecule has 5 rings (SSSR count). The van der Waals surface area contributed by atoms with Gasteiger partial charge in [0.25, 0.3) is 0 Å². The molecule has 1 aliphatic heterocycles. The summed E-state index contributed by atoms with van der Waals surface area (Å²) in [6.45, 7) is 0. The van der Waals surface area contributed by atoms with Crippen LogP contribution in [-0.2, 0) is 4.79 Å². The molecule has 5 N–H and O–H groups in total. The van der Waals surface area contributed by atoms with Crippen molar-refractivity contribution in [3.8, 4) is 0 Å². The highest BCUT2D eigenvalue weighted by molar-refractivity contribution is 6.30. The van der Waals surface area contributed by atoms with E-state index in [1.54, 1.807) is 0 Å². The Kier molecular flexibility index (Phi) is 4.44. The molecule has 0 saturated heterocycles. The third-order valence-corrected chi connectivity index (χ3v) is 6.07. The van der Waals surface area contributed by atoms with E-state index >= 15 is 0 Å². The number of allylic oxidation sites excluding steroid dienone is 2. The molecule has 1 aromatic heterocycles. The molecule has 0 spiro atoms. The molecule has 0 amide bonds. The molecule has 2 heterocycles. The van der Waals surface area contributed by atoms with Crippen molar-refractivity contribution < 1.29 is 4.79 Å². The minimum Gasteiger partial charge on any atom is -0.383 e. The predicted octanol–water partition coefficient (Wildman–Crippen LogP) is 4.25. The van der Waals surface area contributed by atoms with Crippen LogP contribution in [0, 0.1) is 0 Å². The average Bonchev–Trinajstić information content (AvgIpc) is 2.73. The molecule has 1 aliphatic carbocycles. The second-order valence-corrected chi connectivity index (χ2v) is 8.11. The number of anilines is 3. The summed E-state index contributed by atoms with van der Waals surface area (Å²) in [6.07, 6.45) is 1.15. The minimum absolute atomic E-state index is 0.0967. The number of fused-ring (bicyclic) bond motifs is 1. The van der Waals surface area contributed by atoms with Crippen LogP contribution >= 0.6 is 11.6 Å². The van der Waals surface area contributed by atoms with Crippen molar-refractivity contribution in [3.05, 3.63) is 87.6 Å². The van der Waals surface area contributed by atoms with Crippen molar-refractivity contribution in [2.75, 3.05) is 16.8 Å². The van der Waals surface area contributed by atoms with E-state index in [1.165, 1.54) is 0 Å². The van der Waals surface area contributed by atoms with Crippen LogP contribution in [0.1, 0.15) is 41.4 Å². The zero-order valence-corrected chi connectivity index (χ0v) is 16.9. The van der Waals surface area contributed by atoms with Crippen LogP contribution in [0.2, 0.25) is 5.02 Å². The SMILES string of the molecule is Nc1nc(N)c2c(n1)NC1=C(C(=O)CC(c3ccccc3)C1)C2c1ccc(Cl)cc1. The van der Waals surface area contributed by atoms with E-state index in [2.05, 4.69) is 27.4 Å². The second-order valence-electron chi connectivity index (χ2n) is 7.67. The fraction of sp³-hybridized carbons (Fsp3) is 0.174. The molecule has 2 aromatic carbocycles. The van der Waals surface area contributed by atoms with Crippen LogP contribution in [0.15, 0.2) is 65.9 Å². The largest absolute Gasteiger partial charge is 0.383 e. The highest BCUT2D eigenvalue weighted by Crippen LogP contribution is 2.49. The maximum atomic E-state index is 13.4. The number of carbonyl (C=O) groups is 1. The molecule has 2 unspecified atom stereocenters. The highest BCUT2D eigenvalue weighted by Gasteiger charge is 2.40. The molecule has 6 nitrogen and oxygen atoms in total. The molecule has 2 aliphatic rings. The number of carbonyl (C=O) groups excluding carboxylic acids is 1. The van der Waals surface area contributed by atoms with Crippen molar-refractivity contribution in [3.63, 3.8) is 0 Å². The van der Waals surface area contributed by atoms with Gasteiger partial charge in [-0.25, -0.2) is 0 Å². The smallest absolute Gasteiger partial charge is 0.223 e. The van der Waals surface area contributed by atoms with Crippen LogP contribution < -0.4 is 16.8 Å². The molecular formula is C23H20ClN5O. The first kappa shape index (κ1) is 18.6. The Labute approximate surface area is 179 Å². The van der Waals surface area contributed by atoms with Crippen molar-refractivity contribution in [2.24, 2.45) is 0 Å². The summed E-state index contributed by atoms with van der Waals surface area (Å²) in [4.78, 5) is 22.0. The standard InChI is InChI=1S/C23H20ClN5O/c24-15-8-6-13(7-9-15)18-19-16(27-22-20(18)21(25)28-23(26)29-22)10-14(11-17(19)30)12-4-2-1-3-5-12/h1-9,14,18H,10-11H2,(H5,25,26,27,28,29). The van der Waals surface area contributed by atoms with Gasteiger partial charge in [-0.05, 0) is 35.6 Å². The van der Waals surface area contributed by atoms with E-state index in [0.29, 0.717) is 29.2 Å². The van der Waals surface area contributed by atoms with Crippen LogP contribution in [0.5, 0.6) is 0 Å². The first-order valence-corrected chi connectivity index (χ1v) is 10.2. The number of rotatable bonds is 2. The van der Waals surface area contributed by atoms with E-state index in [1.807, 2.05) is 42.5 Å². The number of hydrogen-bond donors (Lipinski definition) is 3. The Hall–Kier alpha value is -3.38. The lowest BCUT2D eigenvalue weighted by atomic mass is 9.72. The summed E-state index contributed by atoms with van der Waals surface area (Å²) in [6, 6.07) is 17.6. The maximum absolute atomic E-state index is 13.4. The molecule has 150 valence electrons. The van der Waals surface area contributed by atoms with E-state index < -0.39 is 0 Å². The third-order valence-electron chi connectivity index (χ3n) is 5.82. The summed E-state index contributed by atoms with van der Waals surface area (Å²) >= 11 is 6.10. The van der Waals surface area contributed by atoms with Gasteiger partial charge in [-0.3, -0.25) is 4.79 Å². The summed E-state index contributed by atoms with van der Waals surface area (Å²) in [5, 5.41) is 3.97. The Morgan fingerprint density at radius 3 is 2.40 bits per heavy atom. The van der Waals surface area contributed by atoms with Gasteiger partial charge in [-0.2, -0.15) is 9.97 Å². The van der Waals surface area contributed by atoms with Gasteiger partial charge >= 0.3 is 0 Å². The van der Waals surface area contributed by atoms with Crippen LogP contribution in [0.25, 0.3) is 0 Å². The fourth-order valence-electron chi connectivity index (χ4n) is 4.51. The molecule has 7 heteroatoms. The lowest BCUT2D eigenvalue weighted by Gasteiger charge is -2.36. The normalized spacial score (nSPS) is 20.4. The monoisotopic (exact) mass is 417 g/mol. The Morgan fingerprint density at radius 1 is 0.933 bits per heavy atom. The quantitative estimate of drug-likeness (QED) is 0.575. The fourth-order valence-corrected chi connectivity index (χ4v) is 4.63. The molecule has 2 atom stereocenters. The molecule has 30 heavy (non-hydrogen) atoms. The van der Waals surface area contributed by atoms with Gasteiger partial charge in [-0.1, -0.05) is 54.1 Å². The van der Waals surface area contributed by atoms with Crippen molar-refractivity contribution >= 4 is 35.0 Å². The molecule has 0 saturated carbocycles. The maximum Gasteiger partial charge on any atom is 0.223 e. The third kappa shape index (κ3) is 3.09. The van der Waals surface area contributed by atoms with E-state index in [9.17, 15) is 4.79 Å². The number of nitrogens with one attached hydrogen (secondary N) is 1. The number of ketones is 1. The minimum atomic E-state index is -0.363. The van der Waals surface area contributed by atoms with E-state index in [-0.39, 0.29) is 29.4 Å². The Morgan fingerprint density at radius 2 is 1.67 bits per heavy atom. The van der Waals surface area contributed by atoms with Gasteiger partial charge in [-0.15, -0.1) is 0 Å². The molecule has 3 aromatic rings. The number of nitrogen functional groups attached to an aromatic ring is 2. The predicted molar refractivity (Wildman–Crippen MR) is 118 cm³/mol. The first-order chi connectivity index (χ1) is 14.5. The Bertz CT molecular complexity index is 1170. The molecule has 0 bridgehead atoms. The van der Waals surface area contributed by atoms with E-state index in [0.717, 1.165) is 22.4 Å². The zero-order valence-electron chi connectivity index (χ0n) is 16.1. The van der Waals surface area contributed by atoms with Crippen LogP contribution in [0.3, 0.4) is 0 Å². The van der Waals surface area contributed by atoms with Gasteiger partial charge in [0.05, 0.1) is 0 Å². The summed E-state index contributed by atoms with van der Waals surface area (Å²) in [7, 11) is 0. The van der Waals surface area contributed by atoms with Gasteiger partial charge < -0.3 is 16.8 Å². The summed E-state index contributed by atoms with van der Waals surface area (Å²) in [5.41, 5.74) is 16.4. The Balaban J connectivity index is 1.67. The zero-order chi connectivity index (χ0) is 20.8. The second kappa shape index (κ2) is 7.15. The van der Waals surface area contributed by atoms with Gasteiger partial charge in [0.2, 0.25) is 5.95 Å². The molecular weight excluding hydrogens is 398 g/mol. The highest BCUT2D eigenvalue weighted by atomic mass is 35.5. The van der Waals surface area contributed by atoms with Crippen LogP contribution in [-0.4, -0.2) is 15.8 Å². The van der Waals surface area contributed by atoms with Gasteiger partial charge in [0, 0.05) is 34.2 Å². The first-order valence-electron chi connectivity index (χ1n) is 9.78. The average molecular weight is 418 g/mol. The summed E-state index contributed by atoms with van der Waals surface area (Å²) in [5.74, 6) is 0.765. The lowest BCUT2D eigenvalue weighted by molar-refractivity contribution is -0.116. The van der Waals surface area contributed by atoms with Gasteiger partial charge in [0.1, 0.15) is 11.6 Å². The van der Waals surface area contributed by atoms with Crippen LogP contribution in [0.4, 0.5) is 17.6 Å². The number of nitrogens with two attached hydrogens (primary N) is 2. The van der Waals surface area contributed by atoms with Gasteiger partial charge in [0.15, 0.2) is 5.78 Å². The number of aromatic nitrogens is 2. The summed E-state index contributed by atoms with van der Waals surface area (Å²) < 4.78 is 0. The lowest BCUT2D eigenvalue weighted by Crippen LogP contribution is -2.31. The van der Waals surface area contributed by atoms with E-state index in [4.69, 9.17) is 23.1 Å². The number of Topliss-reactive ketones (excluding diaryl/α,β-unsaturated/α-hetero) is 1. The number of benzene rings is 2. The number of hydrogen-bond acceptors (Lipinski definition) is 6. The topological polar surface area (TPSA) is 107 Å².